The highest BCUT2D eigenvalue weighted by Gasteiger charge is 2.15. The van der Waals surface area contributed by atoms with Gasteiger partial charge >= 0.3 is 0 Å². The minimum atomic E-state index is -0.684. The van der Waals surface area contributed by atoms with Crippen molar-refractivity contribution in [1.82, 2.24) is 0 Å². The molecule has 0 fully saturated rings. The van der Waals surface area contributed by atoms with Crippen LogP contribution >= 0.6 is 0 Å². The molecule has 0 bridgehead atoms. The van der Waals surface area contributed by atoms with Gasteiger partial charge in [-0.25, -0.2) is 0 Å². The molecule has 1 N–H and O–H groups in total. The van der Waals surface area contributed by atoms with Gasteiger partial charge in [0.15, 0.2) is 6.10 Å². The van der Waals surface area contributed by atoms with Gasteiger partial charge in [-0.2, -0.15) is 10.5 Å². The number of carbonyl (C=O) groups excluding carboxylic acids is 1. The third kappa shape index (κ3) is 4.55. The molecule has 5 heteroatoms. The third-order valence-electron chi connectivity index (χ3n) is 4.17. The minimum absolute atomic E-state index is 0.277. The van der Waals surface area contributed by atoms with Crippen LogP contribution in [0, 0.1) is 22.7 Å². The Bertz CT molecular complexity index is 1040. The van der Waals surface area contributed by atoms with Crippen molar-refractivity contribution in [2.75, 3.05) is 5.32 Å². The number of benzene rings is 3. The molecule has 0 spiro atoms. The van der Waals surface area contributed by atoms with E-state index >= 15 is 0 Å². The van der Waals surface area contributed by atoms with Gasteiger partial charge < -0.3 is 10.1 Å². The third-order valence-corrected chi connectivity index (χ3v) is 4.17. The Labute approximate surface area is 163 Å². The molecule has 28 heavy (non-hydrogen) atoms. The van der Waals surface area contributed by atoms with Crippen LogP contribution in [-0.2, 0) is 4.79 Å². The maximum absolute atomic E-state index is 12.3. The summed E-state index contributed by atoms with van der Waals surface area (Å²) in [6.07, 6.45) is -0.684. The average Bonchev–Trinajstić information content (AvgIpc) is 2.75. The van der Waals surface area contributed by atoms with Crippen LogP contribution in [0.25, 0.3) is 11.1 Å². The molecule has 3 aromatic carbocycles. The fourth-order valence-electron chi connectivity index (χ4n) is 2.59. The summed E-state index contributed by atoms with van der Waals surface area (Å²) < 4.78 is 5.71. The van der Waals surface area contributed by atoms with Gasteiger partial charge in [-0.15, -0.1) is 0 Å². The first-order chi connectivity index (χ1) is 13.6. The number of nitrogens with zero attached hydrogens (tertiary/aromatic N) is 2. The lowest BCUT2D eigenvalue weighted by molar-refractivity contribution is -0.122. The van der Waals surface area contributed by atoms with Crippen molar-refractivity contribution in [2.45, 2.75) is 13.0 Å². The van der Waals surface area contributed by atoms with E-state index in [1.165, 1.54) is 0 Å². The number of nitrogens with one attached hydrogen (secondary N) is 1. The fourth-order valence-corrected chi connectivity index (χ4v) is 2.59. The standard InChI is InChI=1S/C23H17N3O2/c1-16(23(27)26-21-10-4-18(15-25)5-11-21)28-22-12-8-20(9-13-22)19-6-2-17(14-24)3-7-19/h2-13,16H,1H3,(H,26,27)/t16-/m1/s1. The van der Waals surface area contributed by atoms with Crippen LogP contribution in [-0.4, -0.2) is 12.0 Å². The normalized spacial score (nSPS) is 11.0. The number of rotatable bonds is 5. The van der Waals surface area contributed by atoms with Gasteiger partial charge in [0.2, 0.25) is 0 Å². The Morgan fingerprint density at radius 2 is 1.29 bits per heavy atom. The number of hydrogen-bond donors (Lipinski definition) is 1. The summed E-state index contributed by atoms with van der Waals surface area (Å²) >= 11 is 0. The summed E-state index contributed by atoms with van der Waals surface area (Å²) in [5.41, 5.74) is 3.75. The molecule has 0 aromatic heterocycles. The first-order valence-corrected chi connectivity index (χ1v) is 8.67. The van der Waals surface area contributed by atoms with Gasteiger partial charge in [-0.3, -0.25) is 4.79 Å². The number of amides is 1. The van der Waals surface area contributed by atoms with Gasteiger partial charge in [-0.05, 0) is 66.6 Å². The molecule has 0 heterocycles. The minimum Gasteiger partial charge on any atom is -0.481 e. The van der Waals surface area contributed by atoms with Gasteiger partial charge in [-0.1, -0.05) is 24.3 Å². The predicted molar refractivity (Wildman–Crippen MR) is 106 cm³/mol. The molecule has 3 aromatic rings. The lowest BCUT2D eigenvalue weighted by atomic mass is 10.0. The lowest BCUT2D eigenvalue weighted by Crippen LogP contribution is -2.30. The van der Waals surface area contributed by atoms with E-state index in [2.05, 4.69) is 11.4 Å². The molecule has 3 rings (SSSR count). The van der Waals surface area contributed by atoms with E-state index in [9.17, 15) is 4.79 Å². The SMILES string of the molecule is C[C@@H](Oc1ccc(-c2ccc(C#N)cc2)cc1)C(=O)Nc1ccc(C#N)cc1. The average molecular weight is 367 g/mol. The number of anilines is 1. The van der Waals surface area contributed by atoms with E-state index < -0.39 is 6.10 Å². The molecule has 0 aliphatic heterocycles. The topological polar surface area (TPSA) is 85.9 Å². The van der Waals surface area contributed by atoms with E-state index in [0.717, 1.165) is 11.1 Å². The zero-order chi connectivity index (χ0) is 19.9. The zero-order valence-corrected chi connectivity index (χ0v) is 15.2. The van der Waals surface area contributed by atoms with Crippen molar-refractivity contribution in [1.29, 1.82) is 10.5 Å². The second-order valence-electron chi connectivity index (χ2n) is 6.15. The molecule has 136 valence electrons. The van der Waals surface area contributed by atoms with E-state index in [1.54, 1.807) is 55.5 Å². The lowest BCUT2D eigenvalue weighted by Gasteiger charge is -2.15. The second kappa shape index (κ2) is 8.53. The molecule has 1 atom stereocenters. The van der Waals surface area contributed by atoms with Crippen molar-refractivity contribution in [3.8, 4) is 29.0 Å². The van der Waals surface area contributed by atoms with Crippen LogP contribution < -0.4 is 10.1 Å². The van der Waals surface area contributed by atoms with Gasteiger partial charge in [0.05, 0.1) is 23.3 Å². The first kappa shape index (κ1) is 18.7. The summed E-state index contributed by atoms with van der Waals surface area (Å²) in [6.45, 7) is 1.67. The molecule has 0 saturated carbocycles. The zero-order valence-electron chi connectivity index (χ0n) is 15.2. The van der Waals surface area contributed by atoms with Crippen molar-refractivity contribution >= 4 is 11.6 Å². The number of hydrogen-bond acceptors (Lipinski definition) is 4. The highest BCUT2D eigenvalue weighted by molar-refractivity contribution is 5.94. The Kier molecular flexibility index (Phi) is 5.69. The highest BCUT2D eigenvalue weighted by Crippen LogP contribution is 2.23. The molecule has 0 aliphatic carbocycles. The summed E-state index contributed by atoms with van der Waals surface area (Å²) in [6, 6.07) is 25.5. The van der Waals surface area contributed by atoms with Gasteiger partial charge in [0.1, 0.15) is 5.75 Å². The van der Waals surface area contributed by atoms with Crippen LogP contribution in [0.4, 0.5) is 5.69 Å². The van der Waals surface area contributed by atoms with E-state index in [1.807, 2.05) is 30.3 Å². The van der Waals surface area contributed by atoms with Crippen LogP contribution in [0.1, 0.15) is 18.1 Å². The van der Waals surface area contributed by atoms with Crippen LogP contribution in [0.15, 0.2) is 72.8 Å². The number of nitriles is 2. The highest BCUT2D eigenvalue weighted by atomic mass is 16.5. The van der Waals surface area contributed by atoms with Crippen molar-refractivity contribution in [3.05, 3.63) is 83.9 Å². The second-order valence-corrected chi connectivity index (χ2v) is 6.15. The quantitative estimate of drug-likeness (QED) is 0.719. The summed E-state index contributed by atoms with van der Waals surface area (Å²) in [7, 11) is 0. The van der Waals surface area contributed by atoms with Crippen molar-refractivity contribution in [3.63, 3.8) is 0 Å². The monoisotopic (exact) mass is 367 g/mol. The summed E-state index contributed by atoms with van der Waals surface area (Å²) in [4.78, 5) is 12.3. The smallest absolute Gasteiger partial charge is 0.265 e. The fraction of sp³-hybridized carbons (Fsp3) is 0.0870. The molecular formula is C23H17N3O2. The molecule has 5 nitrogen and oxygen atoms in total. The molecule has 0 radical (unpaired) electrons. The van der Waals surface area contributed by atoms with Crippen LogP contribution in [0.5, 0.6) is 5.75 Å². The van der Waals surface area contributed by atoms with Crippen LogP contribution in [0.3, 0.4) is 0 Å². The molecule has 0 unspecified atom stereocenters. The molecule has 0 saturated heterocycles. The number of ether oxygens (including phenoxy) is 1. The van der Waals surface area contributed by atoms with Crippen LogP contribution in [0.2, 0.25) is 0 Å². The molecular weight excluding hydrogens is 350 g/mol. The summed E-state index contributed by atoms with van der Waals surface area (Å²) in [5, 5.41) is 20.4. The summed E-state index contributed by atoms with van der Waals surface area (Å²) in [5.74, 6) is 0.306. The van der Waals surface area contributed by atoms with Gasteiger partial charge in [0, 0.05) is 5.69 Å². The Morgan fingerprint density at radius 3 is 1.79 bits per heavy atom. The van der Waals surface area contributed by atoms with E-state index in [-0.39, 0.29) is 5.91 Å². The first-order valence-electron chi connectivity index (χ1n) is 8.67. The molecule has 0 aliphatic rings. The van der Waals surface area contributed by atoms with Crippen molar-refractivity contribution < 1.29 is 9.53 Å². The largest absolute Gasteiger partial charge is 0.481 e. The predicted octanol–water partition coefficient (Wildman–Crippen LogP) is 4.50. The van der Waals surface area contributed by atoms with E-state index in [4.69, 9.17) is 15.3 Å². The maximum atomic E-state index is 12.3. The Morgan fingerprint density at radius 1 is 0.821 bits per heavy atom. The van der Waals surface area contributed by atoms with Gasteiger partial charge in [0.25, 0.3) is 5.91 Å². The number of carbonyl (C=O) groups is 1. The van der Waals surface area contributed by atoms with Crippen molar-refractivity contribution in [2.24, 2.45) is 0 Å². The molecule has 1 amide bonds. The van der Waals surface area contributed by atoms with E-state index in [0.29, 0.717) is 22.6 Å². The Balaban J connectivity index is 1.61. The Hall–Kier alpha value is -4.09. The maximum Gasteiger partial charge on any atom is 0.265 e.